The van der Waals surface area contributed by atoms with Gasteiger partial charge in [-0.25, -0.2) is 0 Å². The number of halogens is 1. The van der Waals surface area contributed by atoms with Gasteiger partial charge >= 0.3 is 0 Å². The van der Waals surface area contributed by atoms with Crippen LogP contribution in [0.5, 0.6) is 0 Å². The zero-order valence-corrected chi connectivity index (χ0v) is 10.5. The number of pyridine rings is 1. The van der Waals surface area contributed by atoms with E-state index in [-0.39, 0.29) is 11.9 Å². The molecule has 0 aliphatic carbocycles. The fourth-order valence-electron chi connectivity index (χ4n) is 1.26. The van der Waals surface area contributed by atoms with E-state index >= 15 is 0 Å². The largest absolute Gasteiger partial charge is 0.349 e. The number of nitrogens with zero attached hydrogens (tertiary/aromatic N) is 1. The van der Waals surface area contributed by atoms with E-state index in [4.69, 9.17) is 0 Å². The maximum Gasteiger partial charge on any atom is 0.253 e. The van der Waals surface area contributed by atoms with Gasteiger partial charge in [0.15, 0.2) is 0 Å². The van der Waals surface area contributed by atoms with E-state index in [0.29, 0.717) is 5.56 Å². The predicted molar refractivity (Wildman–Crippen MR) is 64.3 cm³/mol. The van der Waals surface area contributed by atoms with E-state index in [2.05, 4.69) is 26.2 Å². The minimum absolute atomic E-state index is 0.0472. The molecule has 0 spiro atoms. The molecule has 1 aromatic heterocycles. The SMILES string of the molecule is Cc1ncccc1C(=O)NC(C)CCBr. The molecule has 0 fully saturated rings. The van der Waals surface area contributed by atoms with Crippen LogP contribution in [0.3, 0.4) is 0 Å². The second kappa shape index (κ2) is 5.85. The summed E-state index contributed by atoms with van der Waals surface area (Å²) in [5, 5.41) is 3.82. The predicted octanol–water partition coefficient (Wildman–Crippen LogP) is 2.29. The summed E-state index contributed by atoms with van der Waals surface area (Å²) in [6, 6.07) is 3.74. The maximum atomic E-state index is 11.8. The number of rotatable bonds is 4. The third kappa shape index (κ3) is 3.63. The number of nitrogens with one attached hydrogen (secondary N) is 1. The number of alkyl halides is 1. The molecule has 1 amide bonds. The van der Waals surface area contributed by atoms with Crippen LogP contribution < -0.4 is 5.32 Å². The molecule has 1 N–H and O–H groups in total. The quantitative estimate of drug-likeness (QED) is 0.854. The second-order valence-electron chi connectivity index (χ2n) is 3.49. The molecule has 0 saturated carbocycles. The average Bonchev–Trinajstić information content (AvgIpc) is 2.18. The number of hydrogen-bond donors (Lipinski definition) is 1. The van der Waals surface area contributed by atoms with Gasteiger partial charge in [-0.1, -0.05) is 15.9 Å². The summed E-state index contributed by atoms with van der Waals surface area (Å²) in [6.45, 7) is 3.83. The van der Waals surface area contributed by atoms with Gasteiger partial charge < -0.3 is 5.32 Å². The molecule has 4 heteroatoms. The number of amides is 1. The molecule has 1 heterocycles. The molecular weight excluding hydrogens is 256 g/mol. The number of carbonyl (C=O) groups excluding carboxylic acids is 1. The van der Waals surface area contributed by atoms with Crippen LogP contribution in [0.1, 0.15) is 29.4 Å². The molecule has 3 nitrogen and oxygen atoms in total. The highest BCUT2D eigenvalue weighted by Gasteiger charge is 2.11. The van der Waals surface area contributed by atoms with Gasteiger partial charge in [0.1, 0.15) is 0 Å². The fraction of sp³-hybridized carbons (Fsp3) is 0.455. The lowest BCUT2D eigenvalue weighted by molar-refractivity contribution is 0.0938. The first-order valence-corrected chi connectivity index (χ1v) is 6.05. The Morgan fingerprint density at radius 1 is 1.67 bits per heavy atom. The van der Waals surface area contributed by atoms with E-state index in [1.165, 1.54) is 0 Å². The van der Waals surface area contributed by atoms with Gasteiger partial charge in [-0.3, -0.25) is 9.78 Å². The summed E-state index contributed by atoms with van der Waals surface area (Å²) in [7, 11) is 0. The Hall–Kier alpha value is -0.900. The van der Waals surface area contributed by atoms with Crippen LogP contribution >= 0.6 is 15.9 Å². The van der Waals surface area contributed by atoms with E-state index in [1.54, 1.807) is 18.3 Å². The summed E-state index contributed by atoms with van der Waals surface area (Å²) < 4.78 is 0. The second-order valence-corrected chi connectivity index (χ2v) is 4.28. The molecule has 1 aromatic rings. The van der Waals surface area contributed by atoms with Crippen LogP contribution in [0, 0.1) is 6.92 Å². The molecule has 0 aromatic carbocycles. The Morgan fingerprint density at radius 3 is 3.00 bits per heavy atom. The van der Waals surface area contributed by atoms with Crippen molar-refractivity contribution in [3.05, 3.63) is 29.6 Å². The lowest BCUT2D eigenvalue weighted by atomic mass is 10.1. The zero-order chi connectivity index (χ0) is 11.3. The third-order valence-electron chi connectivity index (χ3n) is 2.17. The Kier molecular flexibility index (Phi) is 4.75. The Balaban J connectivity index is 2.65. The minimum Gasteiger partial charge on any atom is -0.349 e. The van der Waals surface area contributed by atoms with E-state index in [0.717, 1.165) is 17.4 Å². The van der Waals surface area contributed by atoms with Crippen LogP contribution in [0.25, 0.3) is 0 Å². The lowest BCUT2D eigenvalue weighted by Crippen LogP contribution is -2.33. The Labute approximate surface area is 98.4 Å². The average molecular weight is 271 g/mol. The summed E-state index contributed by atoms with van der Waals surface area (Å²) in [5.74, 6) is -0.0472. The molecule has 1 atom stereocenters. The van der Waals surface area contributed by atoms with Crippen molar-refractivity contribution in [1.82, 2.24) is 10.3 Å². The normalized spacial score (nSPS) is 12.2. The van der Waals surface area contributed by atoms with Crippen molar-refractivity contribution < 1.29 is 4.79 Å². The number of hydrogen-bond acceptors (Lipinski definition) is 2. The first-order valence-electron chi connectivity index (χ1n) is 4.93. The molecular formula is C11H15BrN2O. The summed E-state index contributed by atoms with van der Waals surface area (Å²) in [6.07, 6.45) is 2.61. The highest BCUT2D eigenvalue weighted by Crippen LogP contribution is 2.04. The topological polar surface area (TPSA) is 42.0 Å². The van der Waals surface area contributed by atoms with Crippen molar-refractivity contribution in [2.45, 2.75) is 26.3 Å². The van der Waals surface area contributed by atoms with Gasteiger partial charge in [0.2, 0.25) is 0 Å². The van der Waals surface area contributed by atoms with Gasteiger partial charge in [-0.05, 0) is 32.4 Å². The van der Waals surface area contributed by atoms with Gasteiger partial charge in [-0.2, -0.15) is 0 Å². The van der Waals surface area contributed by atoms with Crippen molar-refractivity contribution >= 4 is 21.8 Å². The molecule has 0 saturated heterocycles. The van der Waals surface area contributed by atoms with Crippen molar-refractivity contribution in [1.29, 1.82) is 0 Å². The zero-order valence-electron chi connectivity index (χ0n) is 8.96. The van der Waals surface area contributed by atoms with Crippen LogP contribution in [-0.4, -0.2) is 22.3 Å². The first-order chi connectivity index (χ1) is 7.15. The monoisotopic (exact) mass is 270 g/mol. The number of aryl methyl sites for hydroxylation is 1. The highest BCUT2D eigenvalue weighted by molar-refractivity contribution is 9.09. The van der Waals surface area contributed by atoms with Gasteiger partial charge in [0.25, 0.3) is 5.91 Å². The highest BCUT2D eigenvalue weighted by atomic mass is 79.9. The van der Waals surface area contributed by atoms with Crippen molar-refractivity contribution in [2.75, 3.05) is 5.33 Å². The Morgan fingerprint density at radius 2 is 2.40 bits per heavy atom. The Bertz CT molecular complexity index is 341. The molecule has 15 heavy (non-hydrogen) atoms. The van der Waals surface area contributed by atoms with Gasteiger partial charge in [0.05, 0.1) is 5.56 Å². The lowest BCUT2D eigenvalue weighted by Gasteiger charge is -2.12. The van der Waals surface area contributed by atoms with Crippen LogP contribution in [0.2, 0.25) is 0 Å². The van der Waals surface area contributed by atoms with Crippen molar-refractivity contribution in [3.8, 4) is 0 Å². The minimum atomic E-state index is -0.0472. The van der Waals surface area contributed by atoms with Crippen LogP contribution in [0.15, 0.2) is 18.3 Å². The van der Waals surface area contributed by atoms with E-state index < -0.39 is 0 Å². The third-order valence-corrected chi connectivity index (χ3v) is 2.63. The van der Waals surface area contributed by atoms with Crippen LogP contribution in [0.4, 0.5) is 0 Å². The van der Waals surface area contributed by atoms with Gasteiger partial charge in [0, 0.05) is 23.3 Å². The fourth-order valence-corrected chi connectivity index (χ4v) is 1.95. The first kappa shape index (κ1) is 12.2. The molecule has 0 radical (unpaired) electrons. The van der Waals surface area contributed by atoms with Gasteiger partial charge in [-0.15, -0.1) is 0 Å². The number of carbonyl (C=O) groups is 1. The molecule has 1 unspecified atom stereocenters. The summed E-state index contributed by atoms with van der Waals surface area (Å²) in [5.41, 5.74) is 1.42. The molecule has 0 aliphatic rings. The number of aromatic nitrogens is 1. The van der Waals surface area contributed by atoms with Crippen molar-refractivity contribution in [3.63, 3.8) is 0 Å². The molecule has 0 bridgehead atoms. The summed E-state index contributed by atoms with van der Waals surface area (Å²) in [4.78, 5) is 15.9. The van der Waals surface area contributed by atoms with E-state index in [1.807, 2.05) is 13.8 Å². The summed E-state index contributed by atoms with van der Waals surface area (Å²) >= 11 is 3.35. The maximum absolute atomic E-state index is 11.8. The van der Waals surface area contributed by atoms with E-state index in [9.17, 15) is 4.79 Å². The standard InChI is InChI=1S/C11H15BrN2O/c1-8(5-6-12)14-11(15)10-4-3-7-13-9(10)2/h3-4,7-8H,5-6H2,1-2H3,(H,14,15). The van der Waals surface area contributed by atoms with Crippen LogP contribution in [-0.2, 0) is 0 Å². The molecule has 82 valence electrons. The molecule has 1 rings (SSSR count). The molecule has 0 aliphatic heterocycles. The van der Waals surface area contributed by atoms with Crippen molar-refractivity contribution in [2.24, 2.45) is 0 Å². The smallest absolute Gasteiger partial charge is 0.253 e.